The Morgan fingerprint density at radius 2 is 1.55 bits per heavy atom. The molecule has 0 saturated carbocycles. The fourth-order valence-corrected chi connectivity index (χ4v) is 2.06. The molecule has 116 valence electrons. The van der Waals surface area contributed by atoms with Gasteiger partial charge in [0, 0.05) is 10.8 Å². The van der Waals surface area contributed by atoms with Gasteiger partial charge in [0.25, 0.3) is 0 Å². The van der Waals surface area contributed by atoms with E-state index in [1.165, 1.54) is 0 Å². The Bertz CT molecular complexity index is 324. The van der Waals surface area contributed by atoms with Crippen LogP contribution in [-0.2, 0) is 19.1 Å². The van der Waals surface area contributed by atoms with E-state index in [1.807, 2.05) is 13.8 Å². The number of ether oxygens (including phenoxy) is 2. The van der Waals surface area contributed by atoms with Crippen LogP contribution in [0.2, 0.25) is 0 Å². The van der Waals surface area contributed by atoms with Crippen molar-refractivity contribution >= 4 is 11.9 Å². The van der Waals surface area contributed by atoms with Crippen LogP contribution in [0.25, 0.3) is 0 Å². The van der Waals surface area contributed by atoms with Crippen molar-refractivity contribution in [2.24, 2.45) is 17.8 Å². The van der Waals surface area contributed by atoms with E-state index >= 15 is 0 Å². The first-order valence-corrected chi connectivity index (χ1v) is 6.78. The molecule has 0 radical (unpaired) electrons. The molecule has 0 aliphatic carbocycles. The molecule has 0 aromatic rings. The highest BCUT2D eigenvalue weighted by molar-refractivity contribution is 5.95. The van der Waals surface area contributed by atoms with Gasteiger partial charge in [-0.05, 0) is 26.2 Å². The largest absolute Gasteiger partial charge is 0.465 e. The zero-order chi connectivity index (χ0) is 15.7. The molecule has 7 nitrogen and oxygen atoms in total. The van der Waals surface area contributed by atoms with Gasteiger partial charge in [-0.2, -0.15) is 0 Å². The average Bonchev–Trinajstić information content (AvgIpc) is 2.27. The number of carbonyl (C=O) groups excluding carboxylic acids is 2. The van der Waals surface area contributed by atoms with Gasteiger partial charge in [0.15, 0.2) is 5.92 Å². The first-order valence-electron chi connectivity index (χ1n) is 6.78. The average molecular weight is 289 g/mol. The predicted octanol–water partition coefficient (Wildman–Crippen LogP) is 1.67. The fraction of sp³-hybridized carbons (Fsp3) is 0.846. The zero-order valence-corrected chi connectivity index (χ0v) is 12.5. The van der Waals surface area contributed by atoms with Crippen molar-refractivity contribution in [1.29, 1.82) is 0 Å². The number of nitrogens with zero attached hydrogens (tertiary/aromatic N) is 1. The molecule has 0 aliphatic rings. The SMILES string of the molecule is CCOC(=O)C(C(=O)OCC)[C@H](CC(C)C)C[N+](=O)[O-]. The number of rotatable bonds is 9. The second-order valence-corrected chi connectivity index (χ2v) is 4.89. The van der Waals surface area contributed by atoms with E-state index in [9.17, 15) is 19.7 Å². The lowest BCUT2D eigenvalue weighted by atomic mass is 9.85. The van der Waals surface area contributed by atoms with Gasteiger partial charge in [-0.15, -0.1) is 0 Å². The van der Waals surface area contributed by atoms with Crippen molar-refractivity contribution in [2.75, 3.05) is 19.8 Å². The van der Waals surface area contributed by atoms with Crippen LogP contribution in [0.1, 0.15) is 34.1 Å². The minimum atomic E-state index is -1.23. The minimum absolute atomic E-state index is 0.113. The molecule has 0 fully saturated rings. The van der Waals surface area contributed by atoms with Crippen LogP contribution in [0, 0.1) is 27.9 Å². The quantitative estimate of drug-likeness (QED) is 0.277. The minimum Gasteiger partial charge on any atom is -0.465 e. The van der Waals surface area contributed by atoms with Crippen LogP contribution < -0.4 is 0 Å². The van der Waals surface area contributed by atoms with E-state index in [2.05, 4.69) is 0 Å². The van der Waals surface area contributed by atoms with Crippen molar-refractivity contribution < 1.29 is 24.0 Å². The number of hydrogen-bond donors (Lipinski definition) is 0. The van der Waals surface area contributed by atoms with E-state index in [-0.39, 0.29) is 19.1 Å². The molecule has 0 aromatic heterocycles. The standard InChI is InChI=1S/C13H23NO6/c1-5-19-12(15)11(13(16)20-6-2)10(7-9(3)4)8-14(17)18/h9-11H,5-8H2,1-4H3/t10-/m1/s1. The van der Waals surface area contributed by atoms with Gasteiger partial charge in [-0.3, -0.25) is 19.7 Å². The smallest absolute Gasteiger partial charge is 0.320 e. The van der Waals surface area contributed by atoms with Crippen molar-refractivity contribution in [3.8, 4) is 0 Å². The Labute approximate surface area is 118 Å². The Morgan fingerprint density at radius 3 is 1.85 bits per heavy atom. The van der Waals surface area contributed by atoms with Crippen LogP contribution in [0.5, 0.6) is 0 Å². The summed E-state index contributed by atoms with van der Waals surface area (Å²) in [4.78, 5) is 34.1. The maximum absolute atomic E-state index is 11.9. The van der Waals surface area contributed by atoms with Crippen molar-refractivity contribution in [3.05, 3.63) is 10.1 Å². The summed E-state index contributed by atoms with van der Waals surface area (Å²) in [6, 6.07) is 0. The lowest BCUT2D eigenvalue weighted by Gasteiger charge is -2.22. The van der Waals surface area contributed by atoms with Crippen LogP contribution in [-0.4, -0.2) is 36.6 Å². The third-order valence-electron chi connectivity index (χ3n) is 2.71. The molecule has 0 unspecified atom stereocenters. The van der Waals surface area contributed by atoms with E-state index < -0.39 is 35.2 Å². The molecule has 20 heavy (non-hydrogen) atoms. The van der Waals surface area contributed by atoms with Crippen molar-refractivity contribution in [2.45, 2.75) is 34.1 Å². The maximum atomic E-state index is 11.9. The van der Waals surface area contributed by atoms with E-state index in [0.717, 1.165) is 0 Å². The van der Waals surface area contributed by atoms with Gasteiger partial charge in [-0.25, -0.2) is 0 Å². The summed E-state index contributed by atoms with van der Waals surface area (Å²) in [5.74, 6) is -3.34. The van der Waals surface area contributed by atoms with E-state index in [0.29, 0.717) is 6.42 Å². The summed E-state index contributed by atoms with van der Waals surface area (Å²) in [5, 5.41) is 10.8. The first kappa shape index (κ1) is 18.3. The van der Waals surface area contributed by atoms with Crippen molar-refractivity contribution in [1.82, 2.24) is 0 Å². The normalized spacial score (nSPS) is 12.3. The third-order valence-corrected chi connectivity index (χ3v) is 2.71. The zero-order valence-electron chi connectivity index (χ0n) is 12.5. The second kappa shape index (κ2) is 9.28. The van der Waals surface area contributed by atoms with Gasteiger partial charge in [0.05, 0.1) is 13.2 Å². The maximum Gasteiger partial charge on any atom is 0.320 e. The van der Waals surface area contributed by atoms with Gasteiger partial charge >= 0.3 is 11.9 Å². The molecule has 0 spiro atoms. The van der Waals surface area contributed by atoms with Crippen LogP contribution in [0.3, 0.4) is 0 Å². The third kappa shape index (κ3) is 6.49. The fourth-order valence-electron chi connectivity index (χ4n) is 2.06. The van der Waals surface area contributed by atoms with Crippen LogP contribution >= 0.6 is 0 Å². The lowest BCUT2D eigenvalue weighted by molar-refractivity contribution is -0.489. The molecular formula is C13H23NO6. The molecule has 0 heterocycles. The Balaban J connectivity index is 5.20. The first-order chi connectivity index (χ1) is 9.33. The number of carbonyl (C=O) groups is 2. The summed E-state index contributed by atoms with van der Waals surface area (Å²) < 4.78 is 9.71. The van der Waals surface area contributed by atoms with E-state index in [1.54, 1.807) is 13.8 Å². The summed E-state index contributed by atoms with van der Waals surface area (Å²) >= 11 is 0. The molecule has 0 rings (SSSR count). The van der Waals surface area contributed by atoms with Gasteiger partial charge in [0.2, 0.25) is 6.54 Å². The molecule has 1 atom stereocenters. The summed E-state index contributed by atoms with van der Waals surface area (Å²) in [5.41, 5.74) is 0. The van der Waals surface area contributed by atoms with Crippen molar-refractivity contribution in [3.63, 3.8) is 0 Å². The summed E-state index contributed by atoms with van der Waals surface area (Å²) in [6.07, 6.45) is 0.378. The Morgan fingerprint density at radius 1 is 1.10 bits per heavy atom. The molecule has 0 aliphatic heterocycles. The second-order valence-electron chi connectivity index (χ2n) is 4.89. The molecular weight excluding hydrogens is 266 g/mol. The van der Waals surface area contributed by atoms with Gasteiger partial charge < -0.3 is 9.47 Å². The molecule has 0 saturated heterocycles. The van der Waals surface area contributed by atoms with Gasteiger partial charge in [0.1, 0.15) is 0 Å². The predicted molar refractivity (Wildman–Crippen MR) is 71.6 cm³/mol. The molecule has 0 N–H and O–H groups in total. The summed E-state index contributed by atoms with van der Waals surface area (Å²) in [6.45, 7) is 6.75. The highest BCUT2D eigenvalue weighted by atomic mass is 16.6. The van der Waals surface area contributed by atoms with Gasteiger partial charge in [-0.1, -0.05) is 13.8 Å². The number of hydrogen-bond acceptors (Lipinski definition) is 6. The van der Waals surface area contributed by atoms with Crippen LogP contribution in [0.4, 0.5) is 0 Å². The monoisotopic (exact) mass is 289 g/mol. The van der Waals surface area contributed by atoms with Crippen LogP contribution in [0.15, 0.2) is 0 Å². The highest BCUT2D eigenvalue weighted by Crippen LogP contribution is 2.24. The summed E-state index contributed by atoms with van der Waals surface area (Å²) in [7, 11) is 0. The van der Waals surface area contributed by atoms with E-state index in [4.69, 9.17) is 9.47 Å². The Hall–Kier alpha value is -1.66. The number of nitro groups is 1. The molecule has 0 aromatic carbocycles. The Kier molecular flexibility index (Phi) is 8.51. The molecule has 7 heteroatoms. The number of esters is 2. The topological polar surface area (TPSA) is 95.7 Å². The highest BCUT2D eigenvalue weighted by Gasteiger charge is 2.40. The molecule has 0 amide bonds. The lowest BCUT2D eigenvalue weighted by Crippen LogP contribution is -2.38. The molecule has 0 bridgehead atoms.